The van der Waals surface area contributed by atoms with E-state index in [-0.39, 0.29) is 6.23 Å². The van der Waals surface area contributed by atoms with Crippen molar-refractivity contribution in [2.75, 3.05) is 24.5 Å². The molecule has 0 aromatic heterocycles. The molecule has 0 spiro atoms. The Hall–Kier alpha value is -0.480. The summed E-state index contributed by atoms with van der Waals surface area (Å²) in [7, 11) is 2.04. The van der Waals surface area contributed by atoms with Crippen LogP contribution in [-0.4, -0.2) is 25.8 Å². The highest BCUT2D eigenvalue weighted by molar-refractivity contribution is 8.01. The second-order valence-corrected chi connectivity index (χ2v) is 5.08. The SMILES string of the molecule is CSc1[c]c2c(cc1SC)OC(C)N2C. The predicted molar refractivity (Wildman–Crippen MR) is 67.3 cm³/mol. The Labute approximate surface area is 99.4 Å². The van der Waals surface area contributed by atoms with Gasteiger partial charge >= 0.3 is 0 Å². The van der Waals surface area contributed by atoms with Crippen LogP contribution in [0.2, 0.25) is 0 Å². The Morgan fingerprint density at radius 3 is 2.73 bits per heavy atom. The van der Waals surface area contributed by atoms with Crippen LogP contribution in [0.15, 0.2) is 15.9 Å². The van der Waals surface area contributed by atoms with Crippen molar-refractivity contribution < 1.29 is 4.74 Å². The van der Waals surface area contributed by atoms with Crippen LogP contribution in [0.4, 0.5) is 5.69 Å². The first-order valence-corrected chi connectivity index (χ1v) is 7.20. The van der Waals surface area contributed by atoms with Gasteiger partial charge in [-0.05, 0) is 25.5 Å². The normalized spacial score (nSPS) is 18.9. The van der Waals surface area contributed by atoms with Gasteiger partial charge in [0.15, 0.2) is 6.23 Å². The number of rotatable bonds is 2. The Balaban J connectivity index is 2.48. The number of fused-ring (bicyclic) bond motifs is 1. The van der Waals surface area contributed by atoms with Gasteiger partial charge in [0.25, 0.3) is 0 Å². The van der Waals surface area contributed by atoms with Crippen molar-refractivity contribution in [2.24, 2.45) is 0 Å². The molecule has 0 N–H and O–H groups in total. The third-order valence-corrected chi connectivity index (χ3v) is 4.19. The quantitative estimate of drug-likeness (QED) is 0.736. The van der Waals surface area contributed by atoms with Crippen LogP contribution in [0, 0.1) is 6.07 Å². The smallest absolute Gasteiger partial charge is 0.169 e. The zero-order chi connectivity index (χ0) is 11.0. The molecule has 0 amide bonds. The van der Waals surface area contributed by atoms with E-state index in [0.717, 1.165) is 11.4 Å². The van der Waals surface area contributed by atoms with E-state index >= 15 is 0 Å². The average molecular weight is 240 g/mol. The van der Waals surface area contributed by atoms with Gasteiger partial charge in [0.1, 0.15) is 5.75 Å². The molecule has 0 saturated heterocycles. The summed E-state index contributed by atoms with van der Waals surface area (Å²) in [6.07, 6.45) is 4.28. The summed E-state index contributed by atoms with van der Waals surface area (Å²) in [6.45, 7) is 2.05. The minimum Gasteiger partial charge on any atom is -0.469 e. The molecule has 1 heterocycles. The zero-order valence-corrected chi connectivity index (χ0v) is 11.0. The van der Waals surface area contributed by atoms with Crippen molar-refractivity contribution >= 4 is 29.2 Å². The molecule has 0 aliphatic carbocycles. The van der Waals surface area contributed by atoms with Crippen LogP contribution in [0.3, 0.4) is 0 Å². The molecule has 1 atom stereocenters. The number of hydrogen-bond acceptors (Lipinski definition) is 4. The summed E-state index contributed by atoms with van der Waals surface area (Å²) in [5.41, 5.74) is 1.07. The predicted octanol–water partition coefficient (Wildman–Crippen LogP) is 3.11. The molecule has 2 rings (SSSR count). The molecule has 15 heavy (non-hydrogen) atoms. The molecule has 1 aromatic carbocycles. The van der Waals surface area contributed by atoms with Gasteiger partial charge in [-0.25, -0.2) is 0 Å². The van der Waals surface area contributed by atoms with E-state index in [0.29, 0.717) is 0 Å². The van der Waals surface area contributed by atoms with E-state index in [2.05, 4.69) is 29.5 Å². The number of anilines is 1. The average Bonchev–Trinajstić information content (AvgIpc) is 2.53. The monoisotopic (exact) mass is 240 g/mol. The summed E-state index contributed by atoms with van der Waals surface area (Å²) < 4.78 is 5.73. The highest BCUT2D eigenvalue weighted by Crippen LogP contribution is 2.42. The topological polar surface area (TPSA) is 12.5 Å². The third kappa shape index (κ3) is 1.81. The summed E-state index contributed by atoms with van der Waals surface area (Å²) in [5, 5.41) is 0. The molecule has 1 radical (unpaired) electrons. The van der Waals surface area contributed by atoms with Crippen LogP contribution >= 0.6 is 23.5 Å². The summed E-state index contributed by atoms with van der Waals surface area (Å²) >= 11 is 3.47. The standard InChI is InChI=1S/C11H14NOS2/c1-7-12(2)8-5-10(14-3)11(15-4)6-9(8)13-7/h6-7H,1-4H3. The van der Waals surface area contributed by atoms with E-state index in [1.807, 2.05) is 14.0 Å². The lowest BCUT2D eigenvalue weighted by atomic mass is 10.3. The first-order valence-electron chi connectivity index (χ1n) is 4.75. The first kappa shape index (κ1) is 11.0. The van der Waals surface area contributed by atoms with Crippen molar-refractivity contribution in [3.63, 3.8) is 0 Å². The number of nitrogens with zero attached hydrogens (tertiary/aromatic N) is 1. The molecule has 0 fully saturated rings. The Morgan fingerprint density at radius 1 is 1.40 bits per heavy atom. The van der Waals surface area contributed by atoms with Gasteiger partial charge in [0, 0.05) is 22.9 Å². The highest BCUT2D eigenvalue weighted by atomic mass is 32.2. The number of ether oxygens (including phenoxy) is 1. The van der Waals surface area contributed by atoms with Crippen molar-refractivity contribution in [3.05, 3.63) is 12.1 Å². The van der Waals surface area contributed by atoms with E-state index in [9.17, 15) is 0 Å². The fourth-order valence-electron chi connectivity index (χ4n) is 1.58. The number of benzene rings is 1. The molecule has 2 nitrogen and oxygen atoms in total. The Morgan fingerprint density at radius 2 is 2.13 bits per heavy atom. The number of hydrogen-bond donors (Lipinski definition) is 0. The number of thioether (sulfide) groups is 2. The fourth-order valence-corrected chi connectivity index (χ4v) is 3.00. The third-order valence-electron chi connectivity index (χ3n) is 2.57. The second kappa shape index (κ2) is 4.18. The van der Waals surface area contributed by atoms with Crippen LogP contribution in [-0.2, 0) is 0 Å². The molecule has 1 aliphatic rings. The fraction of sp³-hybridized carbons (Fsp3) is 0.455. The van der Waals surface area contributed by atoms with Crippen molar-refractivity contribution in [1.82, 2.24) is 0 Å². The van der Waals surface area contributed by atoms with Crippen molar-refractivity contribution in [2.45, 2.75) is 22.9 Å². The van der Waals surface area contributed by atoms with Gasteiger partial charge in [0.2, 0.25) is 0 Å². The molecule has 0 saturated carbocycles. The van der Waals surface area contributed by atoms with Gasteiger partial charge < -0.3 is 9.64 Å². The van der Waals surface area contributed by atoms with E-state index < -0.39 is 0 Å². The lowest BCUT2D eigenvalue weighted by Crippen LogP contribution is -2.27. The maximum Gasteiger partial charge on any atom is 0.169 e. The minimum absolute atomic E-state index is 0.114. The van der Waals surface area contributed by atoms with E-state index in [4.69, 9.17) is 4.74 Å². The lowest BCUT2D eigenvalue weighted by Gasteiger charge is -2.15. The lowest BCUT2D eigenvalue weighted by molar-refractivity contribution is 0.250. The van der Waals surface area contributed by atoms with Gasteiger partial charge in [-0.3, -0.25) is 0 Å². The van der Waals surface area contributed by atoms with Gasteiger partial charge in [-0.2, -0.15) is 0 Å². The van der Waals surface area contributed by atoms with E-state index in [1.54, 1.807) is 23.5 Å². The van der Waals surface area contributed by atoms with Crippen LogP contribution in [0.25, 0.3) is 0 Å². The molecule has 1 aliphatic heterocycles. The van der Waals surface area contributed by atoms with Crippen molar-refractivity contribution in [3.8, 4) is 5.75 Å². The zero-order valence-electron chi connectivity index (χ0n) is 9.33. The van der Waals surface area contributed by atoms with E-state index in [1.165, 1.54) is 9.79 Å². The molecule has 81 valence electrons. The first-order chi connectivity index (χ1) is 7.17. The Kier molecular flexibility index (Phi) is 3.07. The molecule has 4 heteroatoms. The van der Waals surface area contributed by atoms with Gasteiger partial charge in [0.05, 0.1) is 5.69 Å². The highest BCUT2D eigenvalue weighted by Gasteiger charge is 2.25. The Bertz CT molecular complexity index is 381. The summed E-state index contributed by atoms with van der Waals surface area (Å²) in [6, 6.07) is 5.53. The molecule has 1 unspecified atom stereocenters. The van der Waals surface area contributed by atoms with Gasteiger partial charge in [-0.15, -0.1) is 23.5 Å². The van der Waals surface area contributed by atoms with Crippen LogP contribution < -0.4 is 9.64 Å². The molecule has 0 bridgehead atoms. The summed E-state index contributed by atoms with van der Waals surface area (Å²) in [5.74, 6) is 0.951. The summed E-state index contributed by atoms with van der Waals surface area (Å²) in [4.78, 5) is 4.55. The van der Waals surface area contributed by atoms with Gasteiger partial charge in [-0.1, -0.05) is 0 Å². The molecular formula is C11H14NOS2. The van der Waals surface area contributed by atoms with Crippen LogP contribution in [0.5, 0.6) is 5.75 Å². The molecular weight excluding hydrogens is 226 g/mol. The largest absolute Gasteiger partial charge is 0.469 e. The minimum atomic E-state index is 0.114. The second-order valence-electron chi connectivity index (χ2n) is 3.41. The maximum atomic E-state index is 5.73. The van der Waals surface area contributed by atoms with Crippen LogP contribution in [0.1, 0.15) is 6.92 Å². The molecule has 1 aromatic rings. The maximum absolute atomic E-state index is 5.73. The van der Waals surface area contributed by atoms with Crippen molar-refractivity contribution in [1.29, 1.82) is 0 Å².